The van der Waals surface area contributed by atoms with Crippen molar-refractivity contribution in [2.75, 3.05) is 0 Å². The van der Waals surface area contributed by atoms with Gasteiger partial charge in [0.25, 0.3) is 0 Å². The standard InChI is InChI=1S/C17H15N3/c1-12-3-6-14(7-4-12)17-19-15-8-5-13(9-10-18)11-16(15)20(17)2/h3-8,11H,9H2,1-2H3. The molecule has 0 N–H and O–H groups in total. The van der Waals surface area contributed by atoms with Crippen LogP contribution in [0.4, 0.5) is 0 Å². The van der Waals surface area contributed by atoms with E-state index in [2.05, 4.69) is 41.8 Å². The second-order valence-corrected chi connectivity index (χ2v) is 5.02. The molecule has 0 saturated heterocycles. The van der Waals surface area contributed by atoms with Gasteiger partial charge in [0.1, 0.15) is 5.82 Å². The molecule has 0 atom stereocenters. The number of nitrogens with zero attached hydrogens (tertiary/aromatic N) is 3. The summed E-state index contributed by atoms with van der Waals surface area (Å²) in [5.74, 6) is 0.953. The molecule has 0 spiro atoms. The molecule has 3 rings (SSSR count). The quantitative estimate of drug-likeness (QED) is 0.707. The zero-order valence-corrected chi connectivity index (χ0v) is 11.6. The molecule has 1 aromatic heterocycles. The van der Waals surface area contributed by atoms with Crippen LogP contribution in [0.1, 0.15) is 11.1 Å². The Hall–Kier alpha value is -2.60. The zero-order chi connectivity index (χ0) is 14.1. The summed E-state index contributed by atoms with van der Waals surface area (Å²) < 4.78 is 2.08. The number of hydrogen-bond donors (Lipinski definition) is 0. The van der Waals surface area contributed by atoms with Gasteiger partial charge < -0.3 is 4.57 Å². The Labute approximate surface area is 118 Å². The van der Waals surface area contributed by atoms with Gasteiger partial charge in [0, 0.05) is 12.6 Å². The molecule has 3 heteroatoms. The van der Waals surface area contributed by atoms with Crippen molar-refractivity contribution < 1.29 is 0 Å². The molecule has 0 unspecified atom stereocenters. The first-order chi connectivity index (χ1) is 9.69. The van der Waals surface area contributed by atoms with Gasteiger partial charge in [0.2, 0.25) is 0 Å². The lowest BCUT2D eigenvalue weighted by molar-refractivity contribution is 0.958. The van der Waals surface area contributed by atoms with Crippen molar-refractivity contribution in [2.45, 2.75) is 13.3 Å². The van der Waals surface area contributed by atoms with E-state index in [9.17, 15) is 0 Å². The van der Waals surface area contributed by atoms with Crippen LogP contribution in [-0.2, 0) is 13.5 Å². The van der Waals surface area contributed by atoms with Gasteiger partial charge in [-0.25, -0.2) is 4.98 Å². The van der Waals surface area contributed by atoms with Crippen molar-refractivity contribution in [3.63, 3.8) is 0 Å². The molecule has 0 radical (unpaired) electrons. The lowest BCUT2D eigenvalue weighted by atomic mass is 10.1. The van der Waals surface area contributed by atoms with Crippen LogP contribution in [0, 0.1) is 18.3 Å². The summed E-state index contributed by atoms with van der Waals surface area (Å²) in [5.41, 5.74) is 5.40. The normalized spacial score (nSPS) is 10.7. The van der Waals surface area contributed by atoms with Crippen molar-refractivity contribution in [1.82, 2.24) is 9.55 Å². The summed E-state index contributed by atoms with van der Waals surface area (Å²) in [4.78, 5) is 4.69. The predicted octanol–water partition coefficient (Wildman–Crippen LogP) is 3.61. The van der Waals surface area contributed by atoms with E-state index in [0.29, 0.717) is 6.42 Å². The molecule has 3 aromatic rings. The number of benzene rings is 2. The van der Waals surface area contributed by atoms with Crippen LogP contribution in [0.25, 0.3) is 22.4 Å². The Morgan fingerprint density at radius 3 is 2.60 bits per heavy atom. The Bertz CT molecular complexity index is 805. The molecule has 3 nitrogen and oxygen atoms in total. The minimum atomic E-state index is 0.432. The molecule has 0 aliphatic heterocycles. The van der Waals surface area contributed by atoms with Gasteiger partial charge in [-0.1, -0.05) is 35.9 Å². The van der Waals surface area contributed by atoms with E-state index in [1.54, 1.807) is 0 Å². The summed E-state index contributed by atoms with van der Waals surface area (Å²) in [7, 11) is 2.01. The summed E-state index contributed by atoms with van der Waals surface area (Å²) in [5, 5.41) is 8.80. The van der Waals surface area contributed by atoms with E-state index in [1.165, 1.54) is 5.56 Å². The number of imidazole rings is 1. The lowest BCUT2D eigenvalue weighted by Crippen LogP contribution is -1.93. The third kappa shape index (κ3) is 2.06. The third-order valence-corrected chi connectivity index (χ3v) is 3.54. The van der Waals surface area contributed by atoms with Crippen LogP contribution < -0.4 is 0 Å². The summed E-state index contributed by atoms with van der Waals surface area (Å²) >= 11 is 0. The molecule has 2 aromatic carbocycles. The molecule has 0 amide bonds. The number of fused-ring (bicyclic) bond motifs is 1. The lowest BCUT2D eigenvalue weighted by Gasteiger charge is -2.03. The average Bonchev–Trinajstić information content (AvgIpc) is 2.78. The maximum absolute atomic E-state index is 8.80. The zero-order valence-electron chi connectivity index (χ0n) is 11.6. The van der Waals surface area contributed by atoms with Gasteiger partial charge in [-0.2, -0.15) is 5.26 Å². The molecule has 0 bridgehead atoms. The number of aryl methyl sites for hydroxylation is 2. The maximum atomic E-state index is 8.80. The molecule has 0 saturated carbocycles. The largest absolute Gasteiger partial charge is 0.327 e. The fourth-order valence-corrected chi connectivity index (χ4v) is 2.40. The monoisotopic (exact) mass is 261 g/mol. The van der Waals surface area contributed by atoms with Crippen LogP contribution in [0.5, 0.6) is 0 Å². The van der Waals surface area contributed by atoms with E-state index in [1.807, 2.05) is 25.2 Å². The molecule has 1 heterocycles. The molecule has 0 fully saturated rings. The minimum Gasteiger partial charge on any atom is -0.327 e. The second kappa shape index (κ2) is 4.82. The van der Waals surface area contributed by atoms with E-state index in [0.717, 1.165) is 28.0 Å². The highest BCUT2D eigenvalue weighted by Crippen LogP contribution is 2.24. The SMILES string of the molecule is Cc1ccc(-c2nc3ccc(CC#N)cc3n2C)cc1. The van der Waals surface area contributed by atoms with Crippen LogP contribution in [-0.4, -0.2) is 9.55 Å². The van der Waals surface area contributed by atoms with E-state index >= 15 is 0 Å². The third-order valence-electron chi connectivity index (χ3n) is 3.54. The fourth-order valence-electron chi connectivity index (χ4n) is 2.40. The predicted molar refractivity (Wildman–Crippen MR) is 80.2 cm³/mol. The number of nitriles is 1. The topological polar surface area (TPSA) is 41.6 Å². The van der Waals surface area contributed by atoms with Crippen molar-refractivity contribution in [1.29, 1.82) is 5.26 Å². The number of rotatable bonds is 2. The number of hydrogen-bond acceptors (Lipinski definition) is 2. The van der Waals surface area contributed by atoms with Gasteiger partial charge >= 0.3 is 0 Å². The van der Waals surface area contributed by atoms with Crippen molar-refractivity contribution in [3.8, 4) is 17.5 Å². The van der Waals surface area contributed by atoms with Crippen LogP contribution in [0.3, 0.4) is 0 Å². The summed E-state index contributed by atoms with van der Waals surface area (Å²) in [6.07, 6.45) is 0.432. The first-order valence-corrected chi connectivity index (χ1v) is 6.58. The summed E-state index contributed by atoms with van der Waals surface area (Å²) in [6, 6.07) is 16.5. The summed E-state index contributed by atoms with van der Waals surface area (Å²) in [6.45, 7) is 2.08. The van der Waals surface area contributed by atoms with Crippen molar-refractivity contribution >= 4 is 11.0 Å². The van der Waals surface area contributed by atoms with Gasteiger partial charge in [0.05, 0.1) is 23.5 Å². The molecular weight excluding hydrogens is 246 g/mol. The van der Waals surface area contributed by atoms with Crippen molar-refractivity contribution in [2.24, 2.45) is 7.05 Å². The van der Waals surface area contributed by atoms with E-state index in [-0.39, 0.29) is 0 Å². The highest BCUT2D eigenvalue weighted by molar-refractivity contribution is 5.81. The average molecular weight is 261 g/mol. The highest BCUT2D eigenvalue weighted by Gasteiger charge is 2.10. The highest BCUT2D eigenvalue weighted by atomic mass is 15.1. The first-order valence-electron chi connectivity index (χ1n) is 6.58. The first kappa shape index (κ1) is 12.4. The number of aromatic nitrogens is 2. The Morgan fingerprint density at radius 2 is 1.90 bits per heavy atom. The van der Waals surface area contributed by atoms with Gasteiger partial charge in [-0.15, -0.1) is 0 Å². The van der Waals surface area contributed by atoms with Gasteiger partial charge in [-0.3, -0.25) is 0 Å². The van der Waals surface area contributed by atoms with E-state index < -0.39 is 0 Å². The second-order valence-electron chi connectivity index (χ2n) is 5.02. The van der Waals surface area contributed by atoms with Gasteiger partial charge in [-0.05, 0) is 24.6 Å². The fraction of sp³-hybridized carbons (Fsp3) is 0.176. The van der Waals surface area contributed by atoms with E-state index in [4.69, 9.17) is 10.2 Å². The Balaban J connectivity index is 2.15. The van der Waals surface area contributed by atoms with Crippen molar-refractivity contribution in [3.05, 3.63) is 53.6 Å². The molecule has 98 valence electrons. The van der Waals surface area contributed by atoms with Crippen LogP contribution in [0.2, 0.25) is 0 Å². The Kier molecular flexibility index (Phi) is 3.00. The molecule has 0 aliphatic rings. The van der Waals surface area contributed by atoms with Crippen LogP contribution >= 0.6 is 0 Å². The van der Waals surface area contributed by atoms with Gasteiger partial charge in [0.15, 0.2) is 0 Å². The minimum absolute atomic E-state index is 0.432. The molecule has 20 heavy (non-hydrogen) atoms. The van der Waals surface area contributed by atoms with Crippen LogP contribution in [0.15, 0.2) is 42.5 Å². The Morgan fingerprint density at radius 1 is 1.15 bits per heavy atom. The molecular formula is C17H15N3. The molecule has 0 aliphatic carbocycles. The maximum Gasteiger partial charge on any atom is 0.140 e. The smallest absolute Gasteiger partial charge is 0.140 e.